The van der Waals surface area contributed by atoms with E-state index in [1.165, 1.54) is 50.3 Å². The molecule has 1 aromatic heterocycles. The van der Waals surface area contributed by atoms with Crippen molar-refractivity contribution in [1.82, 2.24) is 15.2 Å². The summed E-state index contributed by atoms with van der Waals surface area (Å²) in [6.07, 6.45) is -3.52. The molecule has 3 atom stereocenters. The molecule has 1 fully saturated rings. The Labute approximate surface area is 242 Å². The molecule has 41 heavy (non-hydrogen) atoms. The van der Waals surface area contributed by atoms with Crippen LogP contribution < -0.4 is 10.6 Å². The van der Waals surface area contributed by atoms with Gasteiger partial charge in [0.15, 0.2) is 10.8 Å². The number of carbonyl (C=O) groups is 5. The molecular formula is C23H29N5O11S2. The van der Waals surface area contributed by atoms with E-state index in [0.29, 0.717) is 5.57 Å². The van der Waals surface area contributed by atoms with Crippen molar-refractivity contribution in [2.24, 2.45) is 5.16 Å². The van der Waals surface area contributed by atoms with Crippen molar-refractivity contribution in [2.45, 2.75) is 44.6 Å². The SMILES string of the molecule is COCC1=C(C(=O)O[C@@H](C)OC(=O)OC(C)C)N2C(=O)[C@@H](NC(=O)/C(=N\OC)c3csc(NC(=O)OC)n3)[C@H]2SC1. The fraction of sp³-hybridized carbons (Fsp3) is 0.522. The predicted octanol–water partition coefficient (Wildman–Crippen LogP) is 1.42. The highest BCUT2D eigenvalue weighted by Crippen LogP contribution is 2.41. The highest BCUT2D eigenvalue weighted by molar-refractivity contribution is 8.00. The summed E-state index contributed by atoms with van der Waals surface area (Å²) in [6, 6.07) is -1.03. The molecule has 1 aromatic rings. The standard InChI is InChI=1S/C23H29N5O11S2/c1-10(2)37-23(33)39-11(3)38-20(31)16-12(7-34-4)8-40-19-15(18(30)28(16)19)25-17(29)14(27-36-6)13-9-41-21(24-13)26-22(32)35-5/h9-11,15,19H,7-8H2,1-6H3,(H,25,29)(H,24,26,32)/b27-14-/t11-,15-,19-/m1/s1. The van der Waals surface area contributed by atoms with Gasteiger partial charge >= 0.3 is 18.2 Å². The molecule has 0 spiro atoms. The van der Waals surface area contributed by atoms with E-state index < -0.39 is 53.8 Å². The van der Waals surface area contributed by atoms with E-state index in [-0.39, 0.29) is 34.6 Å². The molecule has 0 unspecified atom stereocenters. The first-order valence-electron chi connectivity index (χ1n) is 12.0. The lowest BCUT2D eigenvalue weighted by atomic mass is 10.0. The number of aromatic nitrogens is 1. The molecule has 3 heterocycles. The topological polar surface area (TPSA) is 193 Å². The summed E-state index contributed by atoms with van der Waals surface area (Å²) in [4.78, 5) is 72.8. The summed E-state index contributed by atoms with van der Waals surface area (Å²) in [5.74, 6) is -1.99. The number of amides is 3. The lowest BCUT2D eigenvalue weighted by molar-refractivity contribution is -0.169. The van der Waals surface area contributed by atoms with Gasteiger partial charge in [-0.2, -0.15) is 0 Å². The van der Waals surface area contributed by atoms with Gasteiger partial charge in [0.1, 0.15) is 29.9 Å². The molecule has 0 aromatic carbocycles. The van der Waals surface area contributed by atoms with Gasteiger partial charge in [0.2, 0.25) is 6.29 Å². The predicted molar refractivity (Wildman–Crippen MR) is 144 cm³/mol. The zero-order valence-electron chi connectivity index (χ0n) is 22.9. The molecule has 224 valence electrons. The molecule has 3 amide bonds. The minimum atomic E-state index is -1.31. The van der Waals surface area contributed by atoms with E-state index >= 15 is 0 Å². The average Bonchev–Trinajstić information content (AvgIpc) is 3.36. The van der Waals surface area contributed by atoms with Gasteiger partial charge in [-0.05, 0) is 19.4 Å². The van der Waals surface area contributed by atoms with Gasteiger partial charge in [0, 0.05) is 25.2 Å². The Kier molecular flexibility index (Phi) is 10.9. The van der Waals surface area contributed by atoms with Gasteiger partial charge in [-0.1, -0.05) is 5.16 Å². The lowest BCUT2D eigenvalue weighted by Crippen LogP contribution is -2.71. The number of hydrogen-bond acceptors (Lipinski definition) is 15. The number of β-lactam (4-membered cyclic amide) rings is 1. The van der Waals surface area contributed by atoms with E-state index in [9.17, 15) is 24.0 Å². The number of fused-ring (bicyclic) bond motifs is 1. The molecule has 0 saturated carbocycles. The second-order valence-electron chi connectivity index (χ2n) is 8.53. The number of thioether (sulfide) groups is 1. The molecule has 3 rings (SSSR count). The van der Waals surface area contributed by atoms with Crippen molar-refractivity contribution in [3.05, 3.63) is 22.3 Å². The van der Waals surface area contributed by atoms with Crippen LogP contribution in [0.1, 0.15) is 26.5 Å². The maximum absolute atomic E-state index is 13.2. The first-order valence-corrected chi connectivity index (χ1v) is 13.9. The highest BCUT2D eigenvalue weighted by Gasteiger charge is 2.55. The van der Waals surface area contributed by atoms with Crippen LogP contribution in [0, 0.1) is 0 Å². The van der Waals surface area contributed by atoms with Crippen molar-refractivity contribution in [2.75, 3.05) is 39.0 Å². The number of esters is 1. The van der Waals surface area contributed by atoms with Crippen LogP contribution in [0.5, 0.6) is 0 Å². The number of rotatable bonds is 11. The van der Waals surface area contributed by atoms with Crippen LogP contribution in [0.2, 0.25) is 0 Å². The Hall–Kier alpha value is -3.90. The number of hydrogen-bond donors (Lipinski definition) is 2. The number of thiazole rings is 1. The number of nitrogens with zero attached hydrogens (tertiary/aromatic N) is 3. The van der Waals surface area contributed by atoms with Gasteiger partial charge in [0.05, 0.1) is 19.8 Å². The summed E-state index contributed by atoms with van der Waals surface area (Å²) >= 11 is 2.31. The highest BCUT2D eigenvalue weighted by atomic mass is 32.2. The second kappa shape index (κ2) is 14.1. The fourth-order valence-corrected chi connectivity index (χ4v) is 5.64. The third kappa shape index (κ3) is 7.65. The van der Waals surface area contributed by atoms with Gasteiger partial charge in [-0.15, -0.1) is 23.1 Å². The molecule has 18 heteroatoms. The van der Waals surface area contributed by atoms with Gasteiger partial charge in [-0.25, -0.2) is 19.4 Å². The number of carbonyl (C=O) groups excluding carboxylic acids is 5. The molecule has 1 saturated heterocycles. The van der Waals surface area contributed by atoms with E-state index in [2.05, 4.69) is 25.5 Å². The molecule has 0 radical (unpaired) electrons. The quantitative estimate of drug-likeness (QED) is 0.0907. The van der Waals surface area contributed by atoms with E-state index in [1.807, 2.05) is 0 Å². The third-order valence-electron chi connectivity index (χ3n) is 5.25. The third-order valence-corrected chi connectivity index (χ3v) is 7.35. The molecular weight excluding hydrogens is 586 g/mol. The van der Waals surface area contributed by atoms with Crippen LogP contribution in [0.3, 0.4) is 0 Å². The summed E-state index contributed by atoms with van der Waals surface area (Å²) in [6.45, 7) is 4.62. The molecule has 2 aliphatic heterocycles. The number of oxime groups is 1. The second-order valence-corrected chi connectivity index (χ2v) is 10.5. The number of methoxy groups -OCH3 is 2. The summed E-state index contributed by atoms with van der Waals surface area (Å²) in [5.41, 5.74) is 0.242. The van der Waals surface area contributed by atoms with Crippen LogP contribution in [-0.4, -0.2) is 103 Å². The number of ether oxygens (including phenoxy) is 5. The van der Waals surface area contributed by atoms with Gasteiger partial charge in [-0.3, -0.25) is 19.8 Å². The summed E-state index contributed by atoms with van der Waals surface area (Å²) in [7, 11) is 3.85. The Morgan fingerprint density at radius 1 is 1.15 bits per heavy atom. The van der Waals surface area contributed by atoms with Crippen LogP contribution in [0.15, 0.2) is 21.8 Å². The van der Waals surface area contributed by atoms with Crippen molar-refractivity contribution < 1.29 is 52.5 Å². The Morgan fingerprint density at radius 2 is 1.88 bits per heavy atom. The van der Waals surface area contributed by atoms with Crippen molar-refractivity contribution in [3.8, 4) is 0 Å². The number of nitrogens with one attached hydrogen (secondary N) is 2. The van der Waals surface area contributed by atoms with Crippen LogP contribution in [0.4, 0.5) is 14.7 Å². The van der Waals surface area contributed by atoms with Gasteiger partial charge in [0.25, 0.3) is 11.8 Å². The number of anilines is 1. The molecule has 0 bridgehead atoms. The minimum absolute atomic E-state index is 0.0337. The lowest BCUT2D eigenvalue weighted by Gasteiger charge is -2.49. The zero-order valence-corrected chi connectivity index (χ0v) is 24.6. The molecule has 2 aliphatic rings. The minimum Gasteiger partial charge on any atom is -0.453 e. The smallest absolute Gasteiger partial charge is 0.453 e. The molecule has 2 N–H and O–H groups in total. The van der Waals surface area contributed by atoms with Gasteiger partial charge < -0.3 is 33.8 Å². The average molecular weight is 616 g/mol. The van der Waals surface area contributed by atoms with Crippen LogP contribution in [0.25, 0.3) is 0 Å². The maximum Gasteiger partial charge on any atom is 0.511 e. The van der Waals surface area contributed by atoms with Crippen molar-refractivity contribution in [1.29, 1.82) is 0 Å². The van der Waals surface area contributed by atoms with E-state index in [1.54, 1.807) is 13.8 Å². The van der Waals surface area contributed by atoms with E-state index in [4.69, 9.17) is 23.8 Å². The van der Waals surface area contributed by atoms with Crippen LogP contribution in [-0.2, 0) is 42.9 Å². The van der Waals surface area contributed by atoms with Crippen LogP contribution >= 0.6 is 23.1 Å². The molecule has 0 aliphatic carbocycles. The monoisotopic (exact) mass is 615 g/mol. The molecule has 16 nitrogen and oxygen atoms in total. The largest absolute Gasteiger partial charge is 0.511 e. The zero-order chi connectivity index (χ0) is 30.3. The Bertz CT molecular complexity index is 1250. The Balaban J connectivity index is 1.73. The first kappa shape index (κ1) is 31.6. The Morgan fingerprint density at radius 3 is 2.51 bits per heavy atom. The van der Waals surface area contributed by atoms with Crippen molar-refractivity contribution >= 4 is 64.0 Å². The van der Waals surface area contributed by atoms with Crippen molar-refractivity contribution in [3.63, 3.8) is 0 Å². The summed E-state index contributed by atoms with van der Waals surface area (Å²) < 4.78 is 24.8. The first-order chi connectivity index (χ1) is 19.5. The maximum atomic E-state index is 13.2. The van der Waals surface area contributed by atoms with E-state index in [0.717, 1.165) is 11.3 Å². The fourth-order valence-electron chi connectivity index (χ4n) is 3.63. The normalized spacial score (nSPS) is 19.0. The summed E-state index contributed by atoms with van der Waals surface area (Å²) in [5, 5.41) is 9.65.